The minimum absolute atomic E-state index is 0.0277. The largest absolute Gasteiger partial charge is 0.478 e. The normalized spacial score (nSPS) is 15.5. The molecule has 1 saturated heterocycles. The molecule has 0 unspecified atom stereocenters. The second kappa shape index (κ2) is 12.3. The summed E-state index contributed by atoms with van der Waals surface area (Å²) in [4.78, 5) is 31.8. The topological polar surface area (TPSA) is 87.5 Å². The Kier molecular flexibility index (Phi) is 7.91. The van der Waals surface area contributed by atoms with Crippen LogP contribution in [0.15, 0.2) is 116 Å². The summed E-state index contributed by atoms with van der Waals surface area (Å²) in [5.41, 5.74) is 6.75. The maximum absolute atomic E-state index is 12.7. The molecule has 5 aromatic rings. The number of anilines is 2. The zero-order valence-electron chi connectivity index (χ0n) is 26.0. The number of carbonyl (C=O) groups is 2. The number of carboxylic acid groups (broad SMARTS) is 1. The molecule has 1 saturated carbocycles. The van der Waals surface area contributed by atoms with Crippen molar-refractivity contribution in [3.63, 3.8) is 0 Å². The van der Waals surface area contributed by atoms with Gasteiger partial charge in [-0.15, -0.1) is 0 Å². The van der Waals surface area contributed by atoms with Gasteiger partial charge in [0, 0.05) is 30.6 Å². The lowest BCUT2D eigenvalue weighted by atomic mass is 9.76. The van der Waals surface area contributed by atoms with Crippen molar-refractivity contribution in [2.45, 2.75) is 44.1 Å². The van der Waals surface area contributed by atoms with Gasteiger partial charge in [0.25, 0.3) is 0 Å². The van der Waals surface area contributed by atoms with Crippen LogP contribution in [0.2, 0.25) is 0 Å². The Morgan fingerprint density at radius 2 is 1.33 bits per heavy atom. The van der Waals surface area contributed by atoms with E-state index < -0.39 is 11.5 Å². The number of carbonyl (C=O) groups excluding carboxylic acids is 1. The van der Waals surface area contributed by atoms with Gasteiger partial charge in [0.05, 0.1) is 29.0 Å². The first-order valence-corrected chi connectivity index (χ1v) is 16.1. The highest BCUT2D eigenvalue weighted by Gasteiger charge is 2.40. The van der Waals surface area contributed by atoms with Gasteiger partial charge in [-0.05, 0) is 67.5 Å². The van der Waals surface area contributed by atoms with Crippen LogP contribution in [-0.4, -0.2) is 39.6 Å². The van der Waals surface area contributed by atoms with Crippen LogP contribution in [0.1, 0.15) is 70.0 Å². The lowest BCUT2D eigenvalue weighted by molar-refractivity contribution is -0.117. The molecular formula is C39H38N4O3. The van der Waals surface area contributed by atoms with Crippen LogP contribution in [0.5, 0.6) is 0 Å². The number of benzene rings is 4. The molecule has 1 aliphatic carbocycles. The fraction of sp³-hybridized carbons (Fsp3) is 0.256. The summed E-state index contributed by atoms with van der Waals surface area (Å²) < 4.78 is 2.35. The highest BCUT2D eigenvalue weighted by molar-refractivity contribution is 5.99. The molecule has 7 nitrogen and oxygen atoms in total. The van der Waals surface area contributed by atoms with E-state index >= 15 is 0 Å². The first-order chi connectivity index (χ1) is 22.5. The Morgan fingerprint density at radius 1 is 0.783 bits per heavy atom. The molecule has 0 radical (unpaired) electrons. The van der Waals surface area contributed by atoms with E-state index in [2.05, 4.69) is 113 Å². The van der Waals surface area contributed by atoms with E-state index in [0.717, 1.165) is 55.8 Å². The standard InChI is InChI=1S/C39H38N4O3/c1-27-36(28-21-23-42(24-22-28)35-20-19-30(38(45)46)25-34(35)41-37(44)29-17-18-29)40-26-43(27)39(31-11-5-2-6-12-31,32-13-7-3-8-14-32)33-15-9-4-10-16-33/h2-16,19-20,25-26,28-29H,17-18,21-24H2,1H3,(H,41,44)(H,45,46). The summed E-state index contributed by atoms with van der Waals surface area (Å²) >= 11 is 0. The van der Waals surface area contributed by atoms with Gasteiger partial charge in [-0.2, -0.15) is 0 Å². The predicted molar refractivity (Wildman–Crippen MR) is 181 cm³/mol. The van der Waals surface area contributed by atoms with Gasteiger partial charge >= 0.3 is 5.97 Å². The van der Waals surface area contributed by atoms with Crippen molar-refractivity contribution >= 4 is 23.3 Å². The molecule has 7 rings (SSSR count). The molecule has 1 aromatic heterocycles. The molecular weight excluding hydrogens is 572 g/mol. The zero-order valence-corrected chi connectivity index (χ0v) is 26.0. The summed E-state index contributed by atoms with van der Waals surface area (Å²) in [6.07, 6.45) is 5.57. The number of hydrogen-bond acceptors (Lipinski definition) is 4. The Hall–Kier alpha value is -5.17. The minimum Gasteiger partial charge on any atom is -0.478 e. The molecule has 4 aromatic carbocycles. The Morgan fingerprint density at radius 3 is 1.83 bits per heavy atom. The van der Waals surface area contributed by atoms with Crippen molar-refractivity contribution in [2.24, 2.45) is 5.92 Å². The molecule has 1 amide bonds. The number of hydrogen-bond donors (Lipinski definition) is 2. The van der Waals surface area contributed by atoms with E-state index in [-0.39, 0.29) is 23.3 Å². The zero-order chi connectivity index (χ0) is 31.7. The van der Waals surface area contributed by atoms with Crippen LogP contribution >= 0.6 is 0 Å². The number of aromatic carboxylic acids is 1. The molecule has 2 aliphatic rings. The average Bonchev–Trinajstić information content (AvgIpc) is 3.89. The van der Waals surface area contributed by atoms with Gasteiger partial charge in [-0.25, -0.2) is 9.78 Å². The molecule has 2 N–H and O–H groups in total. The van der Waals surface area contributed by atoms with Crippen LogP contribution in [-0.2, 0) is 10.3 Å². The monoisotopic (exact) mass is 610 g/mol. The van der Waals surface area contributed by atoms with E-state index in [0.29, 0.717) is 5.69 Å². The first-order valence-electron chi connectivity index (χ1n) is 16.1. The maximum atomic E-state index is 12.7. The molecule has 232 valence electrons. The molecule has 7 heteroatoms. The molecule has 0 atom stereocenters. The van der Waals surface area contributed by atoms with Crippen molar-refractivity contribution in [1.82, 2.24) is 9.55 Å². The van der Waals surface area contributed by atoms with Gasteiger partial charge in [-0.3, -0.25) is 4.79 Å². The quantitative estimate of drug-likeness (QED) is 0.169. The Balaban J connectivity index is 1.22. The van der Waals surface area contributed by atoms with Crippen LogP contribution in [0.3, 0.4) is 0 Å². The third-order valence-corrected chi connectivity index (χ3v) is 9.65. The molecule has 2 fully saturated rings. The molecule has 46 heavy (non-hydrogen) atoms. The van der Waals surface area contributed by atoms with Gasteiger partial charge in [0.1, 0.15) is 5.54 Å². The lowest BCUT2D eigenvalue weighted by Crippen LogP contribution is -2.38. The van der Waals surface area contributed by atoms with Crippen molar-refractivity contribution in [1.29, 1.82) is 0 Å². The van der Waals surface area contributed by atoms with E-state index in [1.165, 1.54) is 16.7 Å². The number of piperidine rings is 1. The highest BCUT2D eigenvalue weighted by atomic mass is 16.4. The molecule has 0 spiro atoms. The summed E-state index contributed by atoms with van der Waals surface area (Å²) in [5.74, 6) is -0.741. The van der Waals surface area contributed by atoms with Crippen molar-refractivity contribution in [3.8, 4) is 0 Å². The number of amides is 1. The average molecular weight is 611 g/mol. The van der Waals surface area contributed by atoms with E-state index in [1.54, 1.807) is 12.1 Å². The number of carboxylic acids is 1. The van der Waals surface area contributed by atoms with Crippen LogP contribution < -0.4 is 10.2 Å². The Labute approximate surface area is 269 Å². The fourth-order valence-electron chi connectivity index (χ4n) is 7.14. The summed E-state index contributed by atoms with van der Waals surface area (Å²) in [7, 11) is 0. The number of aromatic nitrogens is 2. The smallest absolute Gasteiger partial charge is 0.335 e. The van der Waals surface area contributed by atoms with Gasteiger partial charge in [-0.1, -0.05) is 91.0 Å². The SMILES string of the molecule is Cc1c(C2CCN(c3ccc(C(=O)O)cc3NC(=O)C3CC3)CC2)ncn1C(c1ccccc1)(c1ccccc1)c1ccccc1. The van der Waals surface area contributed by atoms with E-state index in [1.807, 2.05) is 12.4 Å². The predicted octanol–water partition coefficient (Wildman–Crippen LogP) is 7.46. The maximum Gasteiger partial charge on any atom is 0.335 e. The van der Waals surface area contributed by atoms with Gasteiger partial charge < -0.3 is 19.9 Å². The first kappa shape index (κ1) is 29.5. The van der Waals surface area contributed by atoms with Crippen molar-refractivity contribution < 1.29 is 14.7 Å². The second-order valence-electron chi connectivity index (χ2n) is 12.5. The highest BCUT2D eigenvalue weighted by Crippen LogP contribution is 2.43. The van der Waals surface area contributed by atoms with Crippen molar-refractivity contribution in [2.75, 3.05) is 23.3 Å². The van der Waals surface area contributed by atoms with E-state index in [4.69, 9.17) is 4.98 Å². The Bertz CT molecular complexity index is 1740. The number of imidazole rings is 1. The lowest BCUT2D eigenvalue weighted by Gasteiger charge is -2.39. The summed E-state index contributed by atoms with van der Waals surface area (Å²) in [5, 5.41) is 12.6. The van der Waals surface area contributed by atoms with Crippen LogP contribution in [0, 0.1) is 12.8 Å². The summed E-state index contributed by atoms with van der Waals surface area (Å²) in [6.45, 7) is 3.74. The van der Waals surface area contributed by atoms with Crippen LogP contribution in [0.25, 0.3) is 0 Å². The van der Waals surface area contributed by atoms with Gasteiger partial charge in [0.15, 0.2) is 0 Å². The third-order valence-electron chi connectivity index (χ3n) is 9.65. The molecule has 2 heterocycles. The number of nitrogens with zero attached hydrogens (tertiary/aromatic N) is 3. The van der Waals surface area contributed by atoms with E-state index in [9.17, 15) is 14.7 Å². The molecule has 0 bridgehead atoms. The number of rotatable bonds is 9. The van der Waals surface area contributed by atoms with Gasteiger partial charge in [0.2, 0.25) is 5.91 Å². The summed E-state index contributed by atoms with van der Waals surface area (Å²) in [6, 6.07) is 37.0. The third kappa shape index (κ3) is 5.36. The minimum atomic E-state index is -1.00. The van der Waals surface area contributed by atoms with Crippen LogP contribution in [0.4, 0.5) is 11.4 Å². The molecule has 1 aliphatic heterocycles. The second-order valence-corrected chi connectivity index (χ2v) is 12.5. The van der Waals surface area contributed by atoms with Crippen molar-refractivity contribution in [3.05, 3.63) is 149 Å². The fourth-order valence-corrected chi connectivity index (χ4v) is 7.14. The number of nitrogens with one attached hydrogen (secondary N) is 1.